The first-order valence-electron chi connectivity index (χ1n) is 6.15. The summed E-state index contributed by atoms with van der Waals surface area (Å²) in [5.74, 6) is -1.70. The highest BCUT2D eigenvalue weighted by atomic mass is 32.1. The van der Waals surface area contributed by atoms with Gasteiger partial charge in [-0.2, -0.15) is 0 Å². The van der Waals surface area contributed by atoms with E-state index in [4.69, 9.17) is 5.11 Å². The summed E-state index contributed by atoms with van der Waals surface area (Å²) in [5.41, 5.74) is -0.661. The van der Waals surface area contributed by atoms with Gasteiger partial charge in [-0.05, 0) is 24.3 Å². The molecule has 5 nitrogen and oxygen atoms in total. The predicted molar refractivity (Wildman–Crippen MR) is 71.4 cm³/mol. The van der Waals surface area contributed by atoms with Gasteiger partial charge in [0, 0.05) is 6.42 Å². The van der Waals surface area contributed by atoms with E-state index in [1.165, 1.54) is 6.07 Å². The Labute approximate surface area is 114 Å². The minimum Gasteiger partial charge on any atom is -0.478 e. The van der Waals surface area contributed by atoms with E-state index in [-0.39, 0.29) is 28.8 Å². The Morgan fingerprint density at radius 1 is 1.42 bits per heavy atom. The number of anilines is 1. The summed E-state index contributed by atoms with van der Waals surface area (Å²) in [6, 6.07) is 1.42. The number of imide groups is 1. The van der Waals surface area contributed by atoms with Crippen molar-refractivity contribution in [2.24, 2.45) is 5.41 Å². The molecule has 1 aromatic heterocycles. The minimum absolute atomic E-state index is 0.00899. The molecule has 1 N–H and O–H groups in total. The van der Waals surface area contributed by atoms with E-state index in [2.05, 4.69) is 0 Å². The van der Waals surface area contributed by atoms with E-state index in [0.29, 0.717) is 12.8 Å². The van der Waals surface area contributed by atoms with Crippen LogP contribution in [0.25, 0.3) is 0 Å². The van der Waals surface area contributed by atoms with Crippen LogP contribution in [0.1, 0.15) is 43.5 Å². The largest absolute Gasteiger partial charge is 0.478 e. The molecule has 0 saturated carbocycles. The van der Waals surface area contributed by atoms with Gasteiger partial charge in [-0.3, -0.25) is 9.59 Å². The molecule has 0 unspecified atom stereocenters. The summed E-state index contributed by atoms with van der Waals surface area (Å²) >= 11 is 1.11. The van der Waals surface area contributed by atoms with Gasteiger partial charge in [-0.15, -0.1) is 11.3 Å². The molecule has 102 valence electrons. The summed E-state index contributed by atoms with van der Waals surface area (Å²) < 4.78 is 0. The van der Waals surface area contributed by atoms with Crippen LogP contribution in [-0.4, -0.2) is 22.9 Å². The van der Waals surface area contributed by atoms with Gasteiger partial charge in [0.15, 0.2) is 0 Å². The Balaban J connectivity index is 2.46. The van der Waals surface area contributed by atoms with Crippen molar-refractivity contribution in [3.63, 3.8) is 0 Å². The minimum atomic E-state index is -1.12. The van der Waals surface area contributed by atoms with Crippen molar-refractivity contribution < 1.29 is 19.5 Å². The smallest absolute Gasteiger partial charge is 0.338 e. The van der Waals surface area contributed by atoms with Crippen LogP contribution in [0.15, 0.2) is 11.4 Å². The molecule has 1 aliphatic rings. The summed E-state index contributed by atoms with van der Waals surface area (Å²) in [5, 5.41) is 10.9. The van der Waals surface area contributed by atoms with Crippen molar-refractivity contribution in [3.8, 4) is 0 Å². The van der Waals surface area contributed by atoms with Gasteiger partial charge in [0.25, 0.3) is 0 Å². The summed E-state index contributed by atoms with van der Waals surface area (Å²) in [4.78, 5) is 36.8. The number of thiophene rings is 1. The predicted octanol–water partition coefficient (Wildman–Crippen LogP) is 2.52. The van der Waals surface area contributed by atoms with Crippen molar-refractivity contribution in [2.75, 3.05) is 4.90 Å². The topological polar surface area (TPSA) is 74.7 Å². The first kappa shape index (κ1) is 13.7. The molecule has 0 atom stereocenters. The fourth-order valence-corrected chi connectivity index (χ4v) is 3.35. The lowest BCUT2D eigenvalue weighted by atomic mass is 9.81. The molecule has 1 fully saturated rings. The zero-order valence-corrected chi connectivity index (χ0v) is 11.6. The number of rotatable bonds is 4. The van der Waals surface area contributed by atoms with Crippen LogP contribution in [0, 0.1) is 5.41 Å². The van der Waals surface area contributed by atoms with Crippen LogP contribution in [0.5, 0.6) is 0 Å². The lowest BCUT2D eigenvalue weighted by Gasteiger charge is -2.23. The third kappa shape index (κ3) is 1.96. The number of carboxylic acid groups (broad SMARTS) is 1. The lowest BCUT2D eigenvalue weighted by molar-refractivity contribution is -0.126. The summed E-state index contributed by atoms with van der Waals surface area (Å²) in [7, 11) is 0. The zero-order valence-electron chi connectivity index (χ0n) is 10.8. The number of nitrogens with zero attached hydrogens (tertiary/aromatic N) is 1. The number of hydrogen-bond acceptors (Lipinski definition) is 4. The van der Waals surface area contributed by atoms with E-state index in [9.17, 15) is 14.4 Å². The van der Waals surface area contributed by atoms with Gasteiger partial charge in [0.2, 0.25) is 11.8 Å². The molecule has 0 spiro atoms. The molecule has 1 saturated heterocycles. The van der Waals surface area contributed by atoms with E-state index in [1.807, 2.05) is 13.8 Å². The van der Waals surface area contributed by atoms with Crippen LogP contribution >= 0.6 is 11.3 Å². The maximum absolute atomic E-state index is 12.5. The second-order valence-electron chi connectivity index (χ2n) is 4.64. The number of carbonyl (C=O) groups excluding carboxylic acids is 2. The average Bonchev–Trinajstić information content (AvgIpc) is 2.93. The van der Waals surface area contributed by atoms with Crippen molar-refractivity contribution >= 4 is 34.1 Å². The van der Waals surface area contributed by atoms with Crippen molar-refractivity contribution in [1.82, 2.24) is 0 Å². The molecule has 1 aliphatic heterocycles. The van der Waals surface area contributed by atoms with E-state index in [0.717, 1.165) is 16.2 Å². The number of carbonyl (C=O) groups is 3. The molecule has 2 heterocycles. The van der Waals surface area contributed by atoms with Gasteiger partial charge in [-0.1, -0.05) is 13.8 Å². The number of carboxylic acids is 1. The molecular formula is C13H15NO4S. The van der Waals surface area contributed by atoms with Gasteiger partial charge >= 0.3 is 5.97 Å². The standard InChI is InChI=1S/C13H15NO4S/c1-3-13(4-2)7-9(15)14(12(13)18)10-8(11(16)17)5-6-19-10/h5-6H,3-4,7H2,1-2H3,(H,16,17). The van der Waals surface area contributed by atoms with Gasteiger partial charge in [0.1, 0.15) is 5.00 Å². The van der Waals surface area contributed by atoms with E-state index >= 15 is 0 Å². The molecule has 0 radical (unpaired) electrons. The molecule has 2 amide bonds. The highest BCUT2D eigenvalue weighted by molar-refractivity contribution is 7.15. The van der Waals surface area contributed by atoms with Crippen molar-refractivity contribution in [1.29, 1.82) is 0 Å². The van der Waals surface area contributed by atoms with Crippen LogP contribution in [0.4, 0.5) is 5.00 Å². The maximum Gasteiger partial charge on any atom is 0.338 e. The Hall–Kier alpha value is -1.69. The molecule has 1 aromatic rings. The molecule has 6 heteroatoms. The molecule has 0 bridgehead atoms. The average molecular weight is 281 g/mol. The summed E-state index contributed by atoms with van der Waals surface area (Å²) in [6.07, 6.45) is 1.33. The van der Waals surface area contributed by atoms with Crippen LogP contribution in [-0.2, 0) is 9.59 Å². The lowest BCUT2D eigenvalue weighted by Crippen LogP contribution is -2.35. The first-order valence-corrected chi connectivity index (χ1v) is 7.03. The van der Waals surface area contributed by atoms with E-state index in [1.54, 1.807) is 5.38 Å². The van der Waals surface area contributed by atoms with Gasteiger partial charge < -0.3 is 5.11 Å². The third-order valence-corrected chi connectivity index (χ3v) is 4.73. The Morgan fingerprint density at radius 2 is 2.05 bits per heavy atom. The summed E-state index contributed by atoms with van der Waals surface area (Å²) in [6.45, 7) is 3.76. The first-order chi connectivity index (χ1) is 8.96. The fourth-order valence-electron chi connectivity index (χ4n) is 2.44. The monoisotopic (exact) mass is 281 g/mol. The molecular weight excluding hydrogens is 266 g/mol. The van der Waals surface area contributed by atoms with Gasteiger partial charge in [-0.25, -0.2) is 9.69 Å². The highest BCUT2D eigenvalue weighted by Crippen LogP contribution is 2.43. The third-order valence-electron chi connectivity index (χ3n) is 3.83. The molecule has 19 heavy (non-hydrogen) atoms. The second kappa shape index (κ2) is 4.77. The van der Waals surface area contributed by atoms with E-state index < -0.39 is 11.4 Å². The van der Waals surface area contributed by atoms with Gasteiger partial charge in [0.05, 0.1) is 11.0 Å². The van der Waals surface area contributed by atoms with Crippen LogP contribution in [0.2, 0.25) is 0 Å². The van der Waals surface area contributed by atoms with Crippen LogP contribution in [0.3, 0.4) is 0 Å². The Bertz CT molecular complexity index is 545. The van der Waals surface area contributed by atoms with Crippen LogP contribution < -0.4 is 4.90 Å². The second-order valence-corrected chi connectivity index (χ2v) is 5.54. The number of hydrogen-bond donors (Lipinski definition) is 1. The molecule has 0 aromatic carbocycles. The number of amides is 2. The zero-order chi connectivity index (χ0) is 14.2. The fraction of sp³-hybridized carbons (Fsp3) is 0.462. The van der Waals surface area contributed by atoms with Crippen molar-refractivity contribution in [3.05, 3.63) is 17.0 Å². The maximum atomic E-state index is 12.5. The highest BCUT2D eigenvalue weighted by Gasteiger charge is 2.50. The molecule has 2 rings (SSSR count). The normalized spacial score (nSPS) is 18.1. The van der Waals surface area contributed by atoms with Crippen molar-refractivity contribution in [2.45, 2.75) is 33.1 Å². The Kier molecular flexibility index (Phi) is 3.45. The molecule has 0 aliphatic carbocycles. The SMILES string of the molecule is CCC1(CC)CC(=O)N(c2sccc2C(=O)O)C1=O. The Morgan fingerprint density at radius 3 is 2.53 bits per heavy atom. The quantitative estimate of drug-likeness (QED) is 0.860. The number of aromatic carboxylic acids is 1.